The molecule has 0 spiro atoms. The van der Waals surface area contributed by atoms with Crippen molar-refractivity contribution in [2.45, 2.75) is 25.1 Å². The lowest BCUT2D eigenvalue weighted by Gasteiger charge is -2.24. The number of alkyl halides is 3. The number of aromatic nitrogens is 6. The second kappa shape index (κ2) is 7.95. The van der Waals surface area contributed by atoms with Gasteiger partial charge in [0.2, 0.25) is 5.95 Å². The maximum Gasteiger partial charge on any atom is 0.420 e. The number of nitrogens with one attached hydrogen (secondary N) is 3. The van der Waals surface area contributed by atoms with E-state index < -0.39 is 24.6 Å². The van der Waals surface area contributed by atoms with E-state index in [4.69, 9.17) is 0 Å². The van der Waals surface area contributed by atoms with Gasteiger partial charge in [-0.2, -0.15) is 18.3 Å². The number of pyridine rings is 1. The molecule has 0 bridgehead atoms. The minimum absolute atomic E-state index is 0.0108. The first kappa shape index (κ1) is 22.6. The van der Waals surface area contributed by atoms with Crippen molar-refractivity contribution in [3.8, 4) is 17.1 Å². The third-order valence-corrected chi connectivity index (χ3v) is 7.16. The molecule has 4 aromatic heterocycles. The van der Waals surface area contributed by atoms with Crippen molar-refractivity contribution in [2.24, 2.45) is 0 Å². The predicted octanol–water partition coefficient (Wildman–Crippen LogP) is 2.80. The maximum atomic E-state index is 13.9. The van der Waals surface area contributed by atoms with Gasteiger partial charge >= 0.3 is 6.18 Å². The Morgan fingerprint density at radius 3 is 2.74 bits per heavy atom. The Kier molecular flexibility index (Phi) is 5.28. The Bertz CT molecular complexity index is 1440. The van der Waals surface area contributed by atoms with E-state index in [2.05, 4.69) is 35.9 Å². The maximum absolute atomic E-state index is 13.9. The fraction of sp³-hybridized carbons (Fsp3) is 0.400. The van der Waals surface area contributed by atoms with Gasteiger partial charge < -0.3 is 20.3 Å². The topological polar surface area (TPSA) is 133 Å². The van der Waals surface area contributed by atoms with Crippen molar-refractivity contribution in [3.05, 3.63) is 23.9 Å². The Balaban J connectivity index is 1.71. The molecule has 0 aliphatic carbocycles. The number of aromatic amines is 1. The molecule has 1 aliphatic rings. The molecule has 0 aromatic carbocycles. The highest BCUT2D eigenvalue weighted by Gasteiger charge is 2.37. The van der Waals surface area contributed by atoms with Crippen LogP contribution in [0.2, 0.25) is 0 Å². The first-order valence-electron chi connectivity index (χ1n) is 10.6. The van der Waals surface area contributed by atoms with Crippen molar-refractivity contribution in [1.29, 1.82) is 0 Å². The number of hydrogen-bond donors (Lipinski definition) is 4. The van der Waals surface area contributed by atoms with Crippen molar-refractivity contribution < 1.29 is 22.8 Å². The van der Waals surface area contributed by atoms with Crippen LogP contribution in [0.3, 0.4) is 0 Å². The number of halogens is 3. The number of anilines is 1. The zero-order valence-corrected chi connectivity index (χ0v) is 19.2. The van der Waals surface area contributed by atoms with Gasteiger partial charge in [-0.3, -0.25) is 5.10 Å². The summed E-state index contributed by atoms with van der Waals surface area (Å²) < 4.78 is 55.8. The quantitative estimate of drug-likeness (QED) is 0.319. The number of rotatable bonds is 4. The van der Waals surface area contributed by atoms with Crippen LogP contribution in [0.4, 0.5) is 19.1 Å². The lowest BCUT2D eigenvalue weighted by atomic mass is 10.1. The first-order valence-corrected chi connectivity index (χ1v) is 13.2. The number of H-pyrrole nitrogens is 1. The second-order valence-electron chi connectivity index (χ2n) is 8.63. The summed E-state index contributed by atoms with van der Waals surface area (Å²) in [6, 6.07) is 2.82. The molecule has 4 N–H and O–H groups in total. The van der Waals surface area contributed by atoms with E-state index in [1.807, 2.05) is 0 Å². The fourth-order valence-electron chi connectivity index (χ4n) is 4.24. The number of fused-ring (bicyclic) bond motifs is 3. The summed E-state index contributed by atoms with van der Waals surface area (Å²) in [5.41, 5.74) is -0.903. The highest BCUT2D eigenvalue weighted by atomic mass is 31.2. The van der Waals surface area contributed by atoms with E-state index in [1.54, 1.807) is 0 Å². The SMILES string of the molecule is CP(C)(=O)c1c(O)ccc2c3c(-c4nc(N[C@H]5CCCNC5)ncc4C(F)(F)F)n[nH]c3nn12. The largest absolute Gasteiger partial charge is 0.506 e. The number of aromatic hydroxyl groups is 1. The van der Waals surface area contributed by atoms with Gasteiger partial charge in [0.05, 0.1) is 10.9 Å². The molecule has 1 saturated heterocycles. The molecule has 0 saturated carbocycles. The molecular weight excluding hydrogens is 472 g/mol. The minimum atomic E-state index is -4.72. The number of hydrogen-bond acceptors (Lipinski definition) is 8. The van der Waals surface area contributed by atoms with Crippen molar-refractivity contribution in [1.82, 2.24) is 35.1 Å². The van der Waals surface area contributed by atoms with Gasteiger partial charge in [-0.25, -0.2) is 14.5 Å². The van der Waals surface area contributed by atoms with Crippen LogP contribution in [0.25, 0.3) is 27.9 Å². The molecule has 1 aliphatic heterocycles. The predicted molar refractivity (Wildman–Crippen MR) is 121 cm³/mol. The van der Waals surface area contributed by atoms with Gasteiger partial charge in [-0.15, -0.1) is 5.10 Å². The van der Waals surface area contributed by atoms with Gasteiger partial charge in [0.25, 0.3) is 0 Å². The standard InChI is InChI=1S/C20H22F3N8O2P/c1-34(2,33)18-13(32)6-5-12-14-16(28-29-17(14)30-31(12)18)15-11(20(21,22)23)9-25-19(27-15)26-10-4-3-7-24-8-10/h5-6,9-10,24,32H,3-4,7-8H2,1-2H3,(H,29,30)(H,25,26,27)/t10-/m0/s1. The van der Waals surface area contributed by atoms with Gasteiger partial charge in [-0.05, 0) is 44.8 Å². The number of nitrogens with zero attached hydrogens (tertiary/aromatic N) is 5. The minimum Gasteiger partial charge on any atom is -0.506 e. The third-order valence-electron chi connectivity index (χ3n) is 5.72. The van der Waals surface area contributed by atoms with Crippen LogP contribution in [0, 0.1) is 0 Å². The summed E-state index contributed by atoms with van der Waals surface area (Å²) in [4.78, 5) is 8.11. The summed E-state index contributed by atoms with van der Waals surface area (Å²) >= 11 is 0. The lowest BCUT2D eigenvalue weighted by molar-refractivity contribution is -0.137. The Labute approximate surface area is 191 Å². The third kappa shape index (κ3) is 3.88. The van der Waals surface area contributed by atoms with E-state index in [1.165, 1.54) is 30.0 Å². The summed E-state index contributed by atoms with van der Waals surface area (Å²) in [6.45, 7) is 4.49. The monoisotopic (exact) mass is 494 g/mol. The Hall–Kier alpha value is -3.18. The molecule has 5 rings (SSSR count). The average molecular weight is 494 g/mol. The molecule has 180 valence electrons. The fourth-order valence-corrected chi connectivity index (χ4v) is 5.47. The molecule has 34 heavy (non-hydrogen) atoms. The molecule has 0 radical (unpaired) electrons. The lowest BCUT2D eigenvalue weighted by Crippen LogP contribution is -2.38. The van der Waals surface area contributed by atoms with E-state index in [0.717, 1.165) is 25.6 Å². The second-order valence-corrected chi connectivity index (χ2v) is 11.8. The van der Waals surface area contributed by atoms with Gasteiger partial charge in [0, 0.05) is 18.8 Å². The molecule has 0 amide bonds. The van der Waals surface area contributed by atoms with Crippen LogP contribution >= 0.6 is 7.14 Å². The van der Waals surface area contributed by atoms with Crippen molar-refractivity contribution in [3.63, 3.8) is 0 Å². The summed E-state index contributed by atoms with van der Waals surface area (Å²) in [5.74, 6) is -0.152. The van der Waals surface area contributed by atoms with Crippen LogP contribution in [-0.2, 0) is 10.7 Å². The Morgan fingerprint density at radius 2 is 2.06 bits per heavy atom. The normalized spacial score (nSPS) is 17.5. The van der Waals surface area contributed by atoms with Crippen LogP contribution in [0.15, 0.2) is 18.3 Å². The molecular formula is C20H22F3N8O2P. The smallest absolute Gasteiger partial charge is 0.420 e. The van der Waals surface area contributed by atoms with Crippen LogP contribution in [0.1, 0.15) is 18.4 Å². The molecule has 14 heteroatoms. The van der Waals surface area contributed by atoms with E-state index in [-0.39, 0.29) is 39.9 Å². The molecule has 4 aromatic rings. The van der Waals surface area contributed by atoms with Crippen molar-refractivity contribution >= 4 is 35.1 Å². The highest BCUT2D eigenvalue weighted by Crippen LogP contribution is 2.41. The van der Waals surface area contributed by atoms with Crippen LogP contribution in [-0.4, -0.2) is 67.3 Å². The number of piperidine rings is 1. The highest BCUT2D eigenvalue weighted by molar-refractivity contribution is 7.70. The zero-order valence-electron chi connectivity index (χ0n) is 18.3. The van der Waals surface area contributed by atoms with Crippen LogP contribution < -0.4 is 16.1 Å². The summed E-state index contributed by atoms with van der Waals surface area (Å²) in [6.07, 6.45) is -2.20. The average Bonchev–Trinajstić information content (AvgIpc) is 3.31. The van der Waals surface area contributed by atoms with Crippen LogP contribution in [0.5, 0.6) is 5.75 Å². The van der Waals surface area contributed by atoms with E-state index >= 15 is 0 Å². The van der Waals surface area contributed by atoms with E-state index in [9.17, 15) is 22.8 Å². The van der Waals surface area contributed by atoms with Gasteiger partial charge in [0.1, 0.15) is 35.3 Å². The molecule has 5 heterocycles. The first-order chi connectivity index (χ1) is 16.0. The van der Waals surface area contributed by atoms with Gasteiger partial charge in [-0.1, -0.05) is 0 Å². The zero-order chi connectivity index (χ0) is 24.3. The van der Waals surface area contributed by atoms with Gasteiger partial charge in [0.15, 0.2) is 5.65 Å². The molecule has 10 nitrogen and oxygen atoms in total. The summed E-state index contributed by atoms with van der Waals surface area (Å²) in [7, 11) is -2.99. The van der Waals surface area contributed by atoms with E-state index in [0.29, 0.717) is 12.1 Å². The van der Waals surface area contributed by atoms with Crippen molar-refractivity contribution in [2.75, 3.05) is 31.7 Å². The molecule has 0 unspecified atom stereocenters. The molecule has 1 fully saturated rings. The Morgan fingerprint density at radius 1 is 1.26 bits per heavy atom. The summed E-state index contributed by atoms with van der Waals surface area (Å²) in [5, 5.41) is 27.9. The molecule has 1 atom stereocenters.